The molecule has 0 spiro atoms. The minimum Gasteiger partial charge on any atom is -0.249 e. The van der Waals surface area contributed by atoms with Crippen molar-refractivity contribution in [3.63, 3.8) is 0 Å². The van der Waals surface area contributed by atoms with Crippen molar-refractivity contribution in [1.29, 1.82) is 0 Å². The Morgan fingerprint density at radius 3 is 1.67 bits per heavy atom. The van der Waals surface area contributed by atoms with Crippen LogP contribution in [-0.2, 0) is 19.9 Å². The number of hydrogen-bond acceptors (Lipinski definition) is 3. The molecule has 3 rings (SSSR count). The van der Waals surface area contributed by atoms with Gasteiger partial charge >= 0.3 is 0 Å². The van der Waals surface area contributed by atoms with E-state index in [0.29, 0.717) is 0 Å². The second kappa shape index (κ2) is 7.17. The number of rotatable bonds is 5. The van der Waals surface area contributed by atoms with Crippen LogP contribution in [0.25, 0.3) is 0 Å². The number of benzene rings is 3. The average Bonchev–Trinajstić information content (AvgIpc) is 2.65. The fourth-order valence-electron chi connectivity index (χ4n) is 2.99. The Hall–Kier alpha value is -2.64. The van der Waals surface area contributed by atoms with Crippen molar-refractivity contribution < 1.29 is 25.8 Å². The summed E-state index contributed by atoms with van der Waals surface area (Å²) in [7, 11) is -4.15. The fourth-order valence-corrected chi connectivity index (χ4v) is 3.73. The van der Waals surface area contributed by atoms with Crippen molar-refractivity contribution in [1.82, 2.24) is 0 Å². The fraction of sp³-hybridized carbons (Fsp3) is 0.100. The predicted octanol–water partition coefficient (Wildman–Crippen LogP) is 4.37. The topological polar surface area (TPSA) is 43.4 Å². The van der Waals surface area contributed by atoms with Crippen LogP contribution in [0.2, 0.25) is 0 Å². The van der Waals surface area contributed by atoms with Gasteiger partial charge in [-0.2, -0.15) is 8.42 Å². The molecule has 0 N–H and O–H groups in total. The van der Waals surface area contributed by atoms with Crippen LogP contribution in [0.15, 0.2) is 72.8 Å². The minimum absolute atomic E-state index is 0.242. The third kappa shape index (κ3) is 3.61. The molecule has 0 aliphatic carbocycles. The summed E-state index contributed by atoms with van der Waals surface area (Å²) in [5.41, 5.74) is -2.00. The molecule has 0 saturated carbocycles. The first-order valence-electron chi connectivity index (χ1n) is 7.91. The summed E-state index contributed by atoms with van der Waals surface area (Å²) >= 11 is 0. The van der Waals surface area contributed by atoms with Gasteiger partial charge in [0.2, 0.25) is 0 Å². The lowest BCUT2D eigenvalue weighted by Crippen LogP contribution is -2.36. The second-order valence-corrected chi connectivity index (χ2v) is 7.50. The zero-order chi connectivity index (χ0) is 19.7. The van der Waals surface area contributed by atoms with Crippen LogP contribution in [-0.4, -0.2) is 14.7 Å². The van der Waals surface area contributed by atoms with Crippen LogP contribution in [0.1, 0.15) is 16.7 Å². The Kier molecular flexibility index (Phi) is 5.08. The van der Waals surface area contributed by atoms with Crippen LogP contribution in [0.3, 0.4) is 0 Å². The van der Waals surface area contributed by atoms with E-state index in [4.69, 9.17) is 4.18 Å². The van der Waals surface area contributed by atoms with E-state index in [-0.39, 0.29) is 11.1 Å². The zero-order valence-corrected chi connectivity index (χ0v) is 15.0. The Bertz CT molecular complexity index is 1010. The first kappa shape index (κ1) is 19.1. The van der Waals surface area contributed by atoms with Crippen LogP contribution < -0.4 is 0 Å². The van der Waals surface area contributed by atoms with Gasteiger partial charge in [-0.1, -0.05) is 60.7 Å². The monoisotopic (exact) mass is 392 g/mol. The van der Waals surface area contributed by atoms with E-state index < -0.39 is 38.7 Å². The standard InChI is InChI=1S/C20H15F3O3S/c1-27(24,25)26-20(14-8-4-2-5-9-14,15-10-6-3-7-11-15)16-12-13-17(21)19(23)18(16)22/h2-13H,1H3. The van der Waals surface area contributed by atoms with Crippen LogP contribution >= 0.6 is 0 Å². The maximum Gasteiger partial charge on any atom is 0.265 e. The van der Waals surface area contributed by atoms with E-state index in [1.165, 1.54) is 24.3 Å². The summed E-state index contributed by atoms with van der Waals surface area (Å²) in [5, 5.41) is 0. The van der Waals surface area contributed by atoms with E-state index >= 15 is 0 Å². The van der Waals surface area contributed by atoms with Crippen molar-refractivity contribution in [2.75, 3.05) is 6.26 Å². The largest absolute Gasteiger partial charge is 0.265 e. The molecule has 0 heterocycles. The van der Waals surface area contributed by atoms with Crippen LogP contribution in [0, 0.1) is 17.5 Å². The molecule has 0 unspecified atom stereocenters. The minimum atomic E-state index is -4.15. The molecule has 140 valence electrons. The first-order valence-corrected chi connectivity index (χ1v) is 9.73. The molecule has 0 atom stereocenters. The van der Waals surface area contributed by atoms with E-state index in [2.05, 4.69) is 0 Å². The molecule has 0 amide bonds. The highest BCUT2D eigenvalue weighted by molar-refractivity contribution is 7.86. The summed E-state index contributed by atoms with van der Waals surface area (Å²) < 4.78 is 72.0. The lowest BCUT2D eigenvalue weighted by Gasteiger charge is -2.34. The summed E-state index contributed by atoms with van der Waals surface area (Å²) in [6.07, 6.45) is 0.811. The van der Waals surface area contributed by atoms with E-state index in [1.807, 2.05) is 0 Å². The van der Waals surface area contributed by atoms with Gasteiger partial charge in [0.05, 0.1) is 6.26 Å². The van der Waals surface area contributed by atoms with Gasteiger partial charge in [0.25, 0.3) is 10.1 Å². The normalized spacial score (nSPS) is 12.1. The van der Waals surface area contributed by atoms with E-state index in [1.54, 1.807) is 36.4 Å². The molecule has 0 aliphatic heterocycles. The van der Waals surface area contributed by atoms with Gasteiger partial charge in [-0.3, -0.25) is 0 Å². The van der Waals surface area contributed by atoms with Gasteiger partial charge in [0.15, 0.2) is 23.1 Å². The van der Waals surface area contributed by atoms with Crippen molar-refractivity contribution in [3.8, 4) is 0 Å². The number of halogens is 3. The van der Waals surface area contributed by atoms with Gasteiger partial charge in [-0.15, -0.1) is 0 Å². The molecule has 7 heteroatoms. The Morgan fingerprint density at radius 2 is 1.22 bits per heavy atom. The van der Waals surface area contributed by atoms with Gasteiger partial charge in [-0.05, 0) is 23.3 Å². The molecule has 0 saturated heterocycles. The van der Waals surface area contributed by atoms with Crippen molar-refractivity contribution in [2.45, 2.75) is 5.60 Å². The SMILES string of the molecule is CS(=O)(=O)OC(c1ccccc1)(c1ccccc1)c1ccc(F)c(F)c1F. The lowest BCUT2D eigenvalue weighted by molar-refractivity contribution is 0.159. The van der Waals surface area contributed by atoms with E-state index in [9.17, 15) is 21.6 Å². The molecule has 3 aromatic rings. The van der Waals surface area contributed by atoms with Crippen molar-refractivity contribution in [2.24, 2.45) is 0 Å². The zero-order valence-electron chi connectivity index (χ0n) is 14.2. The Morgan fingerprint density at radius 1 is 0.741 bits per heavy atom. The maximum absolute atomic E-state index is 14.8. The Balaban J connectivity index is 2.46. The smallest absolute Gasteiger partial charge is 0.249 e. The van der Waals surface area contributed by atoms with E-state index in [0.717, 1.165) is 18.4 Å². The first-order chi connectivity index (χ1) is 12.8. The van der Waals surface area contributed by atoms with Crippen molar-refractivity contribution >= 4 is 10.1 Å². The highest BCUT2D eigenvalue weighted by Gasteiger charge is 2.44. The molecule has 0 aliphatic rings. The molecule has 0 radical (unpaired) electrons. The van der Waals surface area contributed by atoms with Crippen LogP contribution in [0.4, 0.5) is 13.2 Å². The third-order valence-electron chi connectivity index (χ3n) is 4.05. The highest BCUT2D eigenvalue weighted by Crippen LogP contribution is 2.43. The lowest BCUT2D eigenvalue weighted by atomic mass is 9.80. The van der Waals surface area contributed by atoms with Gasteiger partial charge in [0.1, 0.15) is 0 Å². The quantitative estimate of drug-likeness (QED) is 0.368. The average molecular weight is 392 g/mol. The van der Waals surface area contributed by atoms with Crippen molar-refractivity contribution in [3.05, 3.63) is 107 Å². The summed E-state index contributed by atoms with van der Waals surface area (Å²) in [6.45, 7) is 0. The number of hydrogen-bond donors (Lipinski definition) is 0. The maximum atomic E-state index is 14.8. The highest BCUT2D eigenvalue weighted by atomic mass is 32.2. The molecular weight excluding hydrogens is 377 g/mol. The summed E-state index contributed by atoms with van der Waals surface area (Å²) in [4.78, 5) is 0. The van der Waals surface area contributed by atoms with Gasteiger partial charge in [-0.25, -0.2) is 17.4 Å². The summed E-state index contributed by atoms with van der Waals surface area (Å²) in [6, 6.07) is 17.6. The molecule has 0 fully saturated rings. The molecular formula is C20H15F3O3S. The second-order valence-electron chi connectivity index (χ2n) is 5.92. The van der Waals surface area contributed by atoms with Gasteiger partial charge < -0.3 is 0 Å². The summed E-state index contributed by atoms with van der Waals surface area (Å²) in [5.74, 6) is -4.61. The Labute approximate surface area is 155 Å². The molecule has 0 bridgehead atoms. The molecule has 27 heavy (non-hydrogen) atoms. The van der Waals surface area contributed by atoms with Gasteiger partial charge in [0, 0.05) is 5.56 Å². The molecule has 0 aromatic heterocycles. The molecule has 3 nitrogen and oxygen atoms in total. The molecule has 3 aromatic carbocycles. The third-order valence-corrected chi connectivity index (χ3v) is 4.60. The predicted molar refractivity (Wildman–Crippen MR) is 95.0 cm³/mol. The van der Waals surface area contributed by atoms with Crippen LogP contribution in [0.5, 0.6) is 0 Å².